The summed E-state index contributed by atoms with van der Waals surface area (Å²) in [6, 6.07) is 0. The normalized spacial score (nSPS) is 18.9. The predicted octanol–water partition coefficient (Wildman–Crippen LogP) is 2.74. The number of nitrogens with zero attached hydrogens (tertiary/aromatic N) is 2. The standard InChI is InChI=1S/C12H17N3S/c1-9-10(8-13-12(2)4-3-5-12)15-6-7-16-11(15)14-9/h6-7,13H,3-5,8H2,1-2H3. The van der Waals surface area contributed by atoms with Gasteiger partial charge in [0.15, 0.2) is 4.96 Å². The molecule has 0 bridgehead atoms. The minimum atomic E-state index is 0.368. The fraction of sp³-hybridized carbons (Fsp3) is 0.583. The maximum Gasteiger partial charge on any atom is 0.194 e. The van der Waals surface area contributed by atoms with E-state index in [0.717, 1.165) is 17.2 Å². The number of fused-ring (bicyclic) bond motifs is 1. The Morgan fingerprint density at radius 1 is 1.56 bits per heavy atom. The molecule has 0 saturated heterocycles. The largest absolute Gasteiger partial charge is 0.306 e. The highest BCUT2D eigenvalue weighted by molar-refractivity contribution is 7.15. The average Bonchev–Trinajstić information content (AvgIpc) is 2.73. The van der Waals surface area contributed by atoms with Crippen molar-refractivity contribution in [3.8, 4) is 0 Å². The molecule has 0 spiro atoms. The second kappa shape index (κ2) is 3.57. The number of imidazole rings is 1. The van der Waals surface area contributed by atoms with Crippen LogP contribution < -0.4 is 5.32 Å². The highest BCUT2D eigenvalue weighted by atomic mass is 32.1. The molecule has 0 unspecified atom stereocenters. The Morgan fingerprint density at radius 3 is 3.06 bits per heavy atom. The van der Waals surface area contributed by atoms with Crippen LogP contribution in [0.2, 0.25) is 0 Å². The van der Waals surface area contributed by atoms with Crippen LogP contribution in [0.25, 0.3) is 4.96 Å². The molecule has 86 valence electrons. The lowest BCUT2D eigenvalue weighted by Gasteiger charge is -2.39. The Kier molecular flexibility index (Phi) is 2.30. The molecular formula is C12H17N3S. The zero-order valence-electron chi connectivity index (χ0n) is 9.79. The first-order valence-corrected chi connectivity index (χ1v) is 6.72. The first-order chi connectivity index (χ1) is 7.68. The summed E-state index contributed by atoms with van der Waals surface area (Å²) in [6.45, 7) is 5.34. The van der Waals surface area contributed by atoms with Crippen LogP contribution in [0.5, 0.6) is 0 Å². The van der Waals surface area contributed by atoms with Crippen molar-refractivity contribution in [2.24, 2.45) is 0 Å². The number of thiazole rings is 1. The first kappa shape index (κ1) is 10.3. The zero-order valence-corrected chi connectivity index (χ0v) is 10.6. The van der Waals surface area contributed by atoms with Gasteiger partial charge in [0.25, 0.3) is 0 Å². The van der Waals surface area contributed by atoms with Crippen LogP contribution in [-0.4, -0.2) is 14.9 Å². The summed E-state index contributed by atoms with van der Waals surface area (Å²) in [7, 11) is 0. The van der Waals surface area contributed by atoms with Gasteiger partial charge in [-0.15, -0.1) is 11.3 Å². The summed E-state index contributed by atoms with van der Waals surface area (Å²) in [6.07, 6.45) is 6.08. The van der Waals surface area contributed by atoms with Crippen LogP contribution in [0.4, 0.5) is 0 Å². The molecule has 1 saturated carbocycles. The zero-order chi connectivity index (χ0) is 11.2. The number of aryl methyl sites for hydroxylation is 1. The molecule has 2 aromatic heterocycles. The van der Waals surface area contributed by atoms with E-state index in [0.29, 0.717) is 5.54 Å². The molecule has 0 atom stereocenters. The molecule has 0 amide bonds. The van der Waals surface area contributed by atoms with Gasteiger partial charge in [-0.3, -0.25) is 4.40 Å². The van der Waals surface area contributed by atoms with Gasteiger partial charge in [0, 0.05) is 23.7 Å². The van der Waals surface area contributed by atoms with Crippen molar-refractivity contribution in [3.63, 3.8) is 0 Å². The van der Waals surface area contributed by atoms with Gasteiger partial charge in [0.1, 0.15) is 0 Å². The number of nitrogens with one attached hydrogen (secondary N) is 1. The highest BCUT2D eigenvalue weighted by Gasteiger charge is 2.31. The number of aromatic nitrogens is 2. The van der Waals surface area contributed by atoms with Crippen molar-refractivity contribution >= 4 is 16.3 Å². The van der Waals surface area contributed by atoms with Crippen molar-refractivity contribution < 1.29 is 0 Å². The molecule has 1 N–H and O–H groups in total. The Morgan fingerprint density at radius 2 is 2.38 bits per heavy atom. The van der Waals surface area contributed by atoms with Crippen LogP contribution >= 0.6 is 11.3 Å². The number of hydrogen-bond acceptors (Lipinski definition) is 3. The van der Waals surface area contributed by atoms with E-state index in [1.54, 1.807) is 11.3 Å². The summed E-state index contributed by atoms with van der Waals surface area (Å²) < 4.78 is 2.20. The van der Waals surface area contributed by atoms with Gasteiger partial charge in [-0.25, -0.2) is 4.98 Å². The molecule has 16 heavy (non-hydrogen) atoms. The van der Waals surface area contributed by atoms with Crippen LogP contribution in [0.15, 0.2) is 11.6 Å². The molecule has 2 heterocycles. The minimum absolute atomic E-state index is 0.368. The van der Waals surface area contributed by atoms with E-state index >= 15 is 0 Å². The highest BCUT2D eigenvalue weighted by Crippen LogP contribution is 2.31. The Labute approximate surface area is 99.5 Å². The molecule has 3 nitrogen and oxygen atoms in total. The SMILES string of the molecule is Cc1nc2sccn2c1CNC1(C)CCC1. The monoisotopic (exact) mass is 235 g/mol. The van der Waals surface area contributed by atoms with Crippen LogP contribution in [0.1, 0.15) is 37.6 Å². The van der Waals surface area contributed by atoms with Gasteiger partial charge in [0.05, 0.1) is 11.4 Å². The lowest BCUT2D eigenvalue weighted by molar-refractivity contribution is 0.205. The first-order valence-electron chi connectivity index (χ1n) is 5.84. The van der Waals surface area contributed by atoms with Gasteiger partial charge in [0.2, 0.25) is 0 Å². The van der Waals surface area contributed by atoms with E-state index in [1.807, 2.05) is 0 Å². The average molecular weight is 235 g/mol. The maximum absolute atomic E-state index is 4.56. The molecule has 1 fully saturated rings. The third-order valence-electron chi connectivity index (χ3n) is 3.70. The predicted molar refractivity (Wildman–Crippen MR) is 66.9 cm³/mol. The fourth-order valence-electron chi connectivity index (χ4n) is 2.33. The lowest BCUT2D eigenvalue weighted by atomic mass is 9.78. The molecule has 2 aromatic rings. The molecular weight excluding hydrogens is 218 g/mol. The summed E-state index contributed by atoms with van der Waals surface area (Å²) in [5.74, 6) is 0. The third-order valence-corrected chi connectivity index (χ3v) is 4.46. The molecule has 0 aliphatic heterocycles. The van der Waals surface area contributed by atoms with Crippen LogP contribution in [0.3, 0.4) is 0 Å². The van der Waals surface area contributed by atoms with Crippen LogP contribution in [0, 0.1) is 6.92 Å². The van der Waals surface area contributed by atoms with Crippen LogP contribution in [-0.2, 0) is 6.54 Å². The van der Waals surface area contributed by atoms with Crippen molar-refractivity contribution in [2.45, 2.75) is 45.2 Å². The van der Waals surface area contributed by atoms with Crippen molar-refractivity contribution in [1.82, 2.24) is 14.7 Å². The Balaban J connectivity index is 1.82. The Bertz CT molecular complexity index is 507. The summed E-state index contributed by atoms with van der Waals surface area (Å²) in [5.41, 5.74) is 2.83. The van der Waals surface area contributed by atoms with Gasteiger partial charge < -0.3 is 5.32 Å². The van der Waals surface area contributed by atoms with E-state index in [4.69, 9.17) is 0 Å². The topological polar surface area (TPSA) is 29.3 Å². The third kappa shape index (κ3) is 1.57. The summed E-state index contributed by atoms with van der Waals surface area (Å²) in [4.78, 5) is 5.66. The van der Waals surface area contributed by atoms with Crippen molar-refractivity contribution in [2.75, 3.05) is 0 Å². The van der Waals surface area contributed by atoms with Gasteiger partial charge in [-0.1, -0.05) is 0 Å². The number of hydrogen-bond donors (Lipinski definition) is 1. The quantitative estimate of drug-likeness (QED) is 0.886. The smallest absolute Gasteiger partial charge is 0.194 e. The fourth-order valence-corrected chi connectivity index (χ4v) is 3.11. The summed E-state index contributed by atoms with van der Waals surface area (Å²) in [5, 5.41) is 5.76. The van der Waals surface area contributed by atoms with E-state index in [2.05, 4.69) is 40.1 Å². The molecule has 4 heteroatoms. The van der Waals surface area contributed by atoms with Crippen molar-refractivity contribution in [3.05, 3.63) is 23.0 Å². The van der Waals surface area contributed by atoms with Gasteiger partial charge >= 0.3 is 0 Å². The maximum atomic E-state index is 4.56. The van der Waals surface area contributed by atoms with Gasteiger partial charge in [-0.05, 0) is 33.1 Å². The molecule has 1 aliphatic carbocycles. The Hall–Kier alpha value is -0.870. The number of rotatable bonds is 3. The summed E-state index contributed by atoms with van der Waals surface area (Å²) >= 11 is 1.70. The van der Waals surface area contributed by atoms with Crippen molar-refractivity contribution in [1.29, 1.82) is 0 Å². The molecule has 1 aliphatic rings. The minimum Gasteiger partial charge on any atom is -0.306 e. The van der Waals surface area contributed by atoms with Gasteiger partial charge in [-0.2, -0.15) is 0 Å². The van der Waals surface area contributed by atoms with E-state index < -0.39 is 0 Å². The lowest BCUT2D eigenvalue weighted by Crippen LogP contribution is -2.47. The molecule has 3 rings (SSSR count). The van der Waals surface area contributed by atoms with E-state index in [1.165, 1.54) is 25.0 Å². The molecule has 0 aromatic carbocycles. The second-order valence-electron chi connectivity index (χ2n) is 4.97. The second-order valence-corrected chi connectivity index (χ2v) is 5.84. The van der Waals surface area contributed by atoms with E-state index in [9.17, 15) is 0 Å². The molecule has 0 radical (unpaired) electrons. The van der Waals surface area contributed by atoms with E-state index in [-0.39, 0.29) is 0 Å².